The molecule has 0 spiro atoms. The molecule has 0 radical (unpaired) electrons. The second-order valence-electron chi connectivity index (χ2n) is 7.27. The molecule has 8 heteroatoms. The van der Waals surface area contributed by atoms with Crippen LogP contribution in [0.4, 0.5) is 0 Å². The molecular weight excluding hydrogens is 356 g/mol. The van der Waals surface area contributed by atoms with E-state index in [-0.39, 0.29) is 36.1 Å². The largest absolute Gasteiger partial charge is 0.497 e. The fourth-order valence-electron chi connectivity index (χ4n) is 3.43. The van der Waals surface area contributed by atoms with Gasteiger partial charge in [0.1, 0.15) is 5.75 Å². The van der Waals surface area contributed by atoms with Gasteiger partial charge < -0.3 is 14.4 Å². The molecule has 2 aliphatic rings. The number of methoxy groups -OCH3 is 1. The lowest BCUT2D eigenvalue weighted by Crippen LogP contribution is -2.61. The first kappa shape index (κ1) is 19.1. The van der Waals surface area contributed by atoms with Crippen LogP contribution in [-0.4, -0.2) is 69.0 Å². The highest BCUT2D eigenvalue weighted by Crippen LogP contribution is 2.26. The summed E-state index contributed by atoms with van der Waals surface area (Å²) in [7, 11) is -2.05. The zero-order chi connectivity index (χ0) is 18.9. The Hall–Kier alpha value is -1.64. The van der Waals surface area contributed by atoms with E-state index in [1.54, 1.807) is 31.4 Å². The number of sulfonamides is 1. The Morgan fingerprint density at radius 1 is 1.15 bits per heavy atom. The fourth-order valence-corrected chi connectivity index (χ4v) is 4.93. The number of amides is 1. The molecule has 0 saturated carbocycles. The number of benzene rings is 1. The molecule has 0 N–H and O–H groups in total. The lowest BCUT2D eigenvalue weighted by atomic mass is 10.1. The predicted molar refractivity (Wildman–Crippen MR) is 96.4 cm³/mol. The van der Waals surface area contributed by atoms with Gasteiger partial charge in [-0.1, -0.05) is 13.8 Å². The summed E-state index contributed by atoms with van der Waals surface area (Å²) in [4.78, 5) is 14.4. The van der Waals surface area contributed by atoms with Crippen molar-refractivity contribution in [1.82, 2.24) is 9.21 Å². The fraction of sp³-hybridized carbons (Fsp3) is 0.611. The van der Waals surface area contributed by atoms with Crippen LogP contribution in [0.3, 0.4) is 0 Å². The summed E-state index contributed by atoms with van der Waals surface area (Å²) in [6.45, 7) is 5.44. The average Bonchev–Trinajstić information content (AvgIpc) is 2.60. The van der Waals surface area contributed by atoms with Crippen molar-refractivity contribution in [3.63, 3.8) is 0 Å². The van der Waals surface area contributed by atoms with Gasteiger partial charge in [-0.2, -0.15) is 4.31 Å². The van der Waals surface area contributed by atoms with Gasteiger partial charge in [0.05, 0.1) is 24.2 Å². The van der Waals surface area contributed by atoms with Gasteiger partial charge in [0.25, 0.3) is 0 Å². The summed E-state index contributed by atoms with van der Waals surface area (Å²) in [5.41, 5.74) is 0. The van der Waals surface area contributed by atoms with Crippen molar-refractivity contribution in [2.24, 2.45) is 5.92 Å². The lowest BCUT2D eigenvalue weighted by Gasteiger charge is -2.45. The number of morpholine rings is 2. The van der Waals surface area contributed by atoms with E-state index in [2.05, 4.69) is 0 Å². The Labute approximate surface area is 154 Å². The minimum Gasteiger partial charge on any atom is -0.497 e. The van der Waals surface area contributed by atoms with Crippen LogP contribution in [0.1, 0.15) is 20.3 Å². The first-order valence-corrected chi connectivity index (χ1v) is 10.3. The van der Waals surface area contributed by atoms with E-state index in [0.29, 0.717) is 31.2 Å². The lowest BCUT2D eigenvalue weighted by molar-refractivity contribution is -0.155. The average molecular weight is 382 g/mol. The third kappa shape index (κ3) is 4.02. The quantitative estimate of drug-likeness (QED) is 0.768. The molecule has 2 aliphatic heterocycles. The molecule has 0 aromatic heterocycles. The Morgan fingerprint density at radius 3 is 2.23 bits per heavy atom. The number of ether oxygens (including phenoxy) is 2. The van der Waals surface area contributed by atoms with E-state index < -0.39 is 10.0 Å². The predicted octanol–water partition coefficient (Wildman–Crippen LogP) is 1.34. The van der Waals surface area contributed by atoms with Gasteiger partial charge >= 0.3 is 0 Å². The van der Waals surface area contributed by atoms with E-state index >= 15 is 0 Å². The molecule has 2 fully saturated rings. The molecule has 2 saturated heterocycles. The molecule has 26 heavy (non-hydrogen) atoms. The highest BCUT2D eigenvalue weighted by molar-refractivity contribution is 7.89. The summed E-state index contributed by atoms with van der Waals surface area (Å²) >= 11 is 0. The standard InChI is InChI=1S/C18H26N2O5S/c1-13(2)8-18(21)19-9-15-11-20(12-16(10-19)25-15)26(22,23)17-6-4-14(24-3)5-7-17/h4-7,13,15-16H,8-12H2,1-3H3. The topological polar surface area (TPSA) is 76.2 Å². The van der Waals surface area contributed by atoms with Crippen molar-refractivity contribution < 1.29 is 22.7 Å². The van der Waals surface area contributed by atoms with Gasteiger partial charge in [0, 0.05) is 32.6 Å². The number of rotatable bonds is 5. The van der Waals surface area contributed by atoms with Crippen molar-refractivity contribution in [1.29, 1.82) is 0 Å². The van der Waals surface area contributed by atoms with Gasteiger partial charge in [-0.05, 0) is 30.2 Å². The third-order valence-corrected chi connectivity index (χ3v) is 6.53. The number of hydrogen-bond donors (Lipinski definition) is 0. The molecule has 0 aliphatic carbocycles. The molecule has 2 atom stereocenters. The summed E-state index contributed by atoms with van der Waals surface area (Å²) in [6.07, 6.45) is -0.0638. The third-order valence-electron chi connectivity index (χ3n) is 4.68. The van der Waals surface area contributed by atoms with E-state index in [4.69, 9.17) is 9.47 Å². The van der Waals surface area contributed by atoms with E-state index in [1.807, 2.05) is 18.7 Å². The molecule has 7 nitrogen and oxygen atoms in total. The minimum atomic E-state index is -3.59. The number of carbonyl (C=O) groups excluding carboxylic acids is 1. The van der Waals surface area contributed by atoms with Crippen molar-refractivity contribution in [3.05, 3.63) is 24.3 Å². The zero-order valence-electron chi connectivity index (χ0n) is 15.4. The molecule has 144 valence electrons. The van der Waals surface area contributed by atoms with Crippen molar-refractivity contribution in [3.8, 4) is 5.75 Å². The molecule has 1 aromatic rings. The molecule has 2 unspecified atom stereocenters. The summed E-state index contributed by atoms with van der Waals surface area (Å²) in [5, 5.41) is 0. The monoisotopic (exact) mass is 382 g/mol. The maximum Gasteiger partial charge on any atom is 0.243 e. The normalized spacial score (nSPS) is 23.9. The van der Waals surface area contributed by atoms with Crippen LogP contribution in [0.15, 0.2) is 29.2 Å². The molecule has 2 heterocycles. The number of hydrogen-bond acceptors (Lipinski definition) is 5. The van der Waals surface area contributed by atoms with Crippen molar-refractivity contribution in [2.45, 2.75) is 37.4 Å². The van der Waals surface area contributed by atoms with Crippen LogP contribution in [0.25, 0.3) is 0 Å². The summed E-state index contributed by atoms with van der Waals surface area (Å²) in [5.74, 6) is 1.03. The van der Waals surface area contributed by atoms with E-state index in [9.17, 15) is 13.2 Å². The second kappa shape index (κ2) is 7.54. The van der Waals surface area contributed by atoms with Crippen LogP contribution >= 0.6 is 0 Å². The highest BCUT2D eigenvalue weighted by atomic mass is 32.2. The van der Waals surface area contributed by atoms with Crippen molar-refractivity contribution >= 4 is 15.9 Å². The first-order chi connectivity index (χ1) is 12.3. The highest BCUT2D eigenvalue weighted by Gasteiger charge is 2.41. The summed E-state index contributed by atoms with van der Waals surface area (Å²) < 4.78 is 38.3. The van der Waals surface area contributed by atoms with Gasteiger partial charge in [-0.25, -0.2) is 8.42 Å². The van der Waals surface area contributed by atoms with Crippen LogP contribution < -0.4 is 4.74 Å². The van der Waals surface area contributed by atoms with Gasteiger partial charge in [0.15, 0.2) is 0 Å². The smallest absolute Gasteiger partial charge is 0.243 e. The Balaban J connectivity index is 1.70. The molecule has 2 bridgehead atoms. The van der Waals surface area contributed by atoms with E-state index in [1.165, 1.54) is 4.31 Å². The van der Waals surface area contributed by atoms with Gasteiger partial charge in [0.2, 0.25) is 15.9 Å². The first-order valence-electron chi connectivity index (χ1n) is 8.87. The number of fused-ring (bicyclic) bond motifs is 2. The maximum absolute atomic E-state index is 12.9. The maximum atomic E-state index is 12.9. The summed E-state index contributed by atoms with van der Waals surface area (Å²) in [6, 6.07) is 6.39. The Morgan fingerprint density at radius 2 is 1.73 bits per heavy atom. The number of nitrogens with zero attached hydrogens (tertiary/aromatic N) is 2. The van der Waals surface area contributed by atoms with Crippen molar-refractivity contribution in [2.75, 3.05) is 33.3 Å². The van der Waals surface area contributed by atoms with Gasteiger partial charge in [-0.15, -0.1) is 0 Å². The number of carbonyl (C=O) groups is 1. The van der Waals surface area contributed by atoms with Crippen LogP contribution in [0, 0.1) is 5.92 Å². The molecular formula is C18H26N2O5S. The van der Waals surface area contributed by atoms with Crippen LogP contribution in [0.2, 0.25) is 0 Å². The minimum absolute atomic E-state index is 0.116. The van der Waals surface area contributed by atoms with Crippen LogP contribution in [0.5, 0.6) is 5.75 Å². The Bertz CT molecular complexity index is 733. The second-order valence-corrected chi connectivity index (χ2v) is 9.21. The SMILES string of the molecule is COc1ccc(S(=O)(=O)N2CC3CN(C(=O)CC(C)C)CC(C2)O3)cc1. The Kier molecular flexibility index (Phi) is 5.55. The molecule has 3 rings (SSSR count). The molecule has 1 amide bonds. The zero-order valence-corrected chi connectivity index (χ0v) is 16.2. The molecule has 1 aromatic carbocycles. The van der Waals surface area contributed by atoms with Crippen LogP contribution in [-0.2, 0) is 19.6 Å². The van der Waals surface area contributed by atoms with E-state index in [0.717, 1.165) is 0 Å². The van der Waals surface area contributed by atoms with Gasteiger partial charge in [-0.3, -0.25) is 4.79 Å².